The van der Waals surface area contributed by atoms with E-state index in [1.165, 1.54) is 11.1 Å². The zero-order chi connectivity index (χ0) is 15.2. The minimum atomic E-state index is 0.366. The third-order valence-electron chi connectivity index (χ3n) is 4.27. The molecule has 4 heteroatoms. The van der Waals surface area contributed by atoms with Crippen molar-refractivity contribution in [1.82, 2.24) is 10.2 Å². The molecule has 2 rings (SSSR count). The molecule has 1 aliphatic heterocycles. The lowest BCUT2D eigenvalue weighted by molar-refractivity contribution is 0.107. The SMILES string of the molecule is CCNC(C)c1ccc(OC)c(CN2CCC(OC)C2)c1. The Kier molecular flexibility index (Phi) is 6.03. The first-order valence-corrected chi connectivity index (χ1v) is 7.83. The molecule has 1 fully saturated rings. The summed E-state index contributed by atoms with van der Waals surface area (Å²) >= 11 is 0. The van der Waals surface area contributed by atoms with Crippen molar-refractivity contribution in [2.75, 3.05) is 33.9 Å². The van der Waals surface area contributed by atoms with E-state index in [1.54, 1.807) is 14.2 Å². The molecule has 0 saturated carbocycles. The van der Waals surface area contributed by atoms with Gasteiger partial charge in [0.15, 0.2) is 0 Å². The van der Waals surface area contributed by atoms with Crippen LogP contribution in [0.3, 0.4) is 0 Å². The van der Waals surface area contributed by atoms with Crippen molar-refractivity contribution in [3.8, 4) is 5.75 Å². The van der Waals surface area contributed by atoms with Gasteiger partial charge >= 0.3 is 0 Å². The van der Waals surface area contributed by atoms with Gasteiger partial charge in [0.25, 0.3) is 0 Å². The highest BCUT2D eigenvalue weighted by atomic mass is 16.5. The maximum atomic E-state index is 5.53. The van der Waals surface area contributed by atoms with Crippen LogP contribution < -0.4 is 10.1 Å². The zero-order valence-electron chi connectivity index (χ0n) is 13.7. The summed E-state index contributed by atoms with van der Waals surface area (Å²) in [7, 11) is 3.54. The van der Waals surface area contributed by atoms with Crippen LogP contribution in [0.25, 0.3) is 0 Å². The minimum absolute atomic E-state index is 0.366. The second-order valence-corrected chi connectivity index (χ2v) is 5.73. The average Bonchev–Trinajstić information content (AvgIpc) is 2.95. The number of nitrogens with zero attached hydrogens (tertiary/aromatic N) is 1. The number of hydrogen-bond acceptors (Lipinski definition) is 4. The van der Waals surface area contributed by atoms with Crippen molar-refractivity contribution >= 4 is 0 Å². The number of benzene rings is 1. The lowest BCUT2D eigenvalue weighted by Crippen LogP contribution is -2.23. The van der Waals surface area contributed by atoms with E-state index in [0.717, 1.165) is 38.3 Å². The molecule has 1 aromatic carbocycles. The maximum Gasteiger partial charge on any atom is 0.123 e. The molecule has 0 aliphatic carbocycles. The van der Waals surface area contributed by atoms with Crippen molar-refractivity contribution < 1.29 is 9.47 Å². The van der Waals surface area contributed by atoms with Crippen LogP contribution in [0, 0.1) is 0 Å². The maximum absolute atomic E-state index is 5.53. The summed E-state index contributed by atoms with van der Waals surface area (Å²) in [6, 6.07) is 6.87. The minimum Gasteiger partial charge on any atom is -0.496 e. The molecule has 0 bridgehead atoms. The van der Waals surface area contributed by atoms with Crippen LogP contribution in [0.4, 0.5) is 0 Å². The van der Waals surface area contributed by atoms with E-state index < -0.39 is 0 Å². The molecule has 1 aromatic rings. The van der Waals surface area contributed by atoms with Gasteiger partial charge in [-0.2, -0.15) is 0 Å². The van der Waals surface area contributed by atoms with Crippen LogP contribution in [0.15, 0.2) is 18.2 Å². The Morgan fingerprint density at radius 1 is 1.38 bits per heavy atom. The van der Waals surface area contributed by atoms with Crippen molar-refractivity contribution in [1.29, 1.82) is 0 Å². The van der Waals surface area contributed by atoms with Gasteiger partial charge in [0, 0.05) is 38.3 Å². The fourth-order valence-electron chi connectivity index (χ4n) is 2.99. The van der Waals surface area contributed by atoms with E-state index in [2.05, 4.69) is 42.3 Å². The Labute approximate surface area is 128 Å². The van der Waals surface area contributed by atoms with Gasteiger partial charge in [-0.1, -0.05) is 13.0 Å². The van der Waals surface area contributed by atoms with Crippen molar-refractivity contribution in [2.45, 2.75) is 39.0 Å². The molecule has 4 nitrogen and oxygen atoms in total. The number of hydrogen-bond donors (Lipinski definition) is 1. The highest BCUT2D eigenvalue weighted by Crippen LogP contribution is 2.26. The molecule has 21 heavy (non-hydrogen) atoms. The van der Waals surface area contributed by atoms with Crippen LogP contribution in [-0.2, 0) is 11.3 Å². The van der Waals surface area contributed by atoms with Gasteiger partial charge in [-0.25, -0.2) is 0 Å². The second-order valence-electron chi connectivity index (χ2n) is 5.73. The molecule has 0 radical (unpaired) electrons. The summed E-state index contributed by atoms with van der Waals surface area (Å²) in [4.78, 5) is 2.44. The van der Waals surface area contributed by atoms with E-state index in [4.69, 9.17) is 9.47 Å². The number of ether oxygens (including phenoxy) is 2. The molecular formula is C17H28N2O2. The Hall–Kier alpha value is -1.10. The number of rotatable bonds is 7. The molecule has 2 unspecified atom stereocenters. The highest BCUT2D eigenvalue weighted by molar-refractivity contribution is 5.38. The molecule has 0 amide bonds. The highest BCUT2D eigenvalue weighted by Gasteiger charge is 2.23. The van der Waals surface area contributed by atoms with Gasteiger partial charge in [0.2, 0.25) is 0 Å². The largest absolute Gasteiger partial charge is 0.496 e. The van der Waals surface area contributed by atoms with Gasteiger partial charge in [-0.3, -0.25) is 4.90 Å². The Morgan fingerprint density at radius 3 is 2.81 bits per heavy atom. The lowest BCUT2D eigenvalue weighted by atomic mass is 10.0. The zero-order valence-corrected chi connectivity index (χ0v) is 13.7. The monoisotopic (exact) mass is 292 g/mol. The normalized spacial score (nSPS) is 20.7. The fraction of sp³-hybridized carbons (Fsp3) is 0.647. The quantitative estimate of drug-likeness (QED) is 0.837. The molecular weight excluding hydrogens is 264 g/mol. The van der Waals surface area contributed by atoms with Crippen LogP contribution in [-0.4, -0.2) is 44.9 Å². The third kappa shape index (κ3) is 4.19. The smallest absolute Gasteiger partial charge is 0.123 e. The summed E-state index contributed by atoms with van der Waals surface area (Å²) in [6.45, 7) is 8.34. The number of methoxy groups -OCH3 is 2. The van der Waals surface area contributed by atoms with Crippen molar-refractivity contribution in [3.63, 3.8) is 0 Å². The first kappa shape index (κ1) is 16.3. The van der Waals surface area contributed by atoms with Gasteiger partial charge in [-0.15, -0.1) is 0 Å². The standard InChI is InChI=1S/C17H28N2O2/c1-5-18-13(2)14-6-7-17(21-4)15(10-14)11-19-9-8-16(12-19)20-3/h6-7,10,13,16,18H,5,8-9,11-12H2,1-4H3. The second kappa shape index (κ2) is 7.78. The molecule has 0 spiro atoms. The van der Waals surface area contributed by atoms with Crippen LogP contribution in [0.5, 0.6) is 5.75 Å². The number of likely N-dealkylation sites (tertiary alicyclic amines) is 1. The van der Waals surface area contributed by atoms with Gasteiger partial charge in [0.05, 0.1) is 13.2 Å². The van der Waals surface area contributed by atoms with E-state index in [-0.39, 0.29) is 0 Å². The molecule has 0 aromatic heterocycles. The van der Waals surface area contributed by atoms with Gasteiger partial charge in [-0.05, 0) is 37.6 Å². The molecule has 1 aliphatic rings. The first-order chi connectivity index (χ1) is 10.2. The third-order valence-corrected chi connectivity index (χ3v) is 4.27. The lowest BCUT2D eigenvalue weighted by Gasteiger charge is -2.20. The molecule has 1 saturated heterocycles. The van der Waals surface area contributed by atoms with Crippen LogP contribution >= 0.6 is 0 Å². The predicted octanol–water partition coefficient (Wildman–Crippen LogP) is 2.59. The average molecular weight is 292 g/mol. The molecule has 2 atom stereocenters. The van der Waals surface area contributed by atoms with Crippen LogP contribution in [0.2, 0.25) is 0 Å². The van der Waals surface area contributed by atoms with Gasteiger partial charge < -0.3 is 14.8 Å². The summed E-state index contributed by atoms with van der Waals surface area (Å²) in [5, 5.41) is 3.46. The summed E-state index contributed by atoms with van der Waals surface area (Å²) in [5.74, 6) is 0.975. The summed E-state index contributed by atoms with van der Waals surface area (Å²) in [6.07, 6.45) is 1.49. The fourth-order valence-corrected chi connectivity index (χ4v) is 2.99. The van der Waals surface area contributed by atoms with E-state index in [9.17, 15) is 0 Å². The predicted molar refractivity (Wildman–Crippen MR) is 85.8 cm³/mol. The van der Waals surface area contributed by atoms with Crippen molar-refractivity contribution in [2.24, 2.45) is 0 Å². The Morgan fingerprint density at radius 2 is 2.19 bits per heavy atom. The summed E-state index contributed by atoms with van der Waals surface area (Å²) < 4.78 is 11.0. The van der Waals surface area contributed by atoms with Crippen LogP contribution in [0.1, 0.15) is 37.4 Å². The topological polar surface area (TPSA) is 33.7 Å². The Balaban J connectivity index is 2.10. The molecule has 118 valence electrons. The Bertz CT molecular complexity index is 450. The van der Waals surface area contributed by atoms with E-state index in [1.807, 2.05) is 0 Å². The van der Waals surface area contributed by atoms with Crippen molar-refractivity contribution in [3.05, 3.63) is 29.3 Å². The molecule has 1 heterocycles. The number of nitrogens with one attached hydrogen (secondary N) is 1. The van der Waals surface area contributed by atoms with E-state index >= 15 is 0 Å². The van der Waals surface area contributed by atoms with E-state index in [0.29, 0.717) is 12.1 Å². The first-order valence-electron chi connectivity index (χ1n) is 7.83. The van der Waals surface area contributed by atoms with Gasteiger partial charge in [0.1, 0.15) is 5.75 Å². The molecule has 1 N–H and O–H groups in total. The summed E-state index contributed by atoms with van der Waals surface area (Å²) in [5.41, 5.74) is 2.58.